The van der Waals surface area contributed by atoms with Crippen molar-refractivity contribution < 1.29 is 9.72 Å². The fourth-order valence-electron chi connectivity index (χ4n) is 2.72. The van der Waals surface area contributed by atoms with Crippen LogP contribution < -0.4 is 10.2 Å². The van der Waals surface area contributed by atoms with Gasteiger partial charge in [-0.05, 0) is 31.4 Å². The average molecular weight is 362 g/mol. The zero-order valence-corrected chi connectivity index (χ0v) is 14.1. The first-order valence-corrected chi connectivity index (χ1v) is 8.24. The molecule has 25 heavy (non-hydrogen) atoms. The smallest absolute Gasteiger partial charge is 0.292 e. The van der Waals surface area contributed by atoms with E-state index < -0.39 is 10.8 Å². The molecule has 1 aromatic carbocycles. The van der Waals surface area contributed by atoms with E-state index in [9.17, 15) is 14.9 Å². The van der Waals surface area contributed by atoms with Crippen molar-refractivity contribution in [3.8, 4) is 0 Å². The van der Waals surface area contributed by atoms with Crippen molar-refractivity contribution in [1.82, 2.24) is 9.97 Å². The average Bonchev–Trinajstić information content (AvgIpc) is 2.62. The maximum absolute atomic E-state index is 12.4. The molecular formula is C16H16ClN5O3. The second kappa shape index (κ2) is 7.43. The highest BCUT2D eigenvalue weighted by molar-refractivity contribution is 6.31. The Labute approximate surface area is 149 Å². The van der Waals surface area contributed by atoms with E-state index in [1.54, 1.807) is 6.07 Å². The Bertz CT molecular complexity index is 808. The molecule has 0 saturated carbocycles. The minimum atomic E-state index is -0.578. The van der Waals surface area contributed by atoms with Gasteiger partial charge < -0.3 is 10.2 Å². The number of halogens is 1. The van der Waals surface area contributed by atoms with Gasteiger partial charge in [-0.3, -0.25) is 14.9 Å². The van der Waals surface area contributed by atoms with Gasteiger partial charge in [0.15, 0.2) is 0 Å². The Hall–Kier alpha value is -2.74. The third kappa shape index (κ3) is 4.03. The van der Waals surface area contributed by atoms with Crippen LogP contribution in [-0.4, -0.2) is 33.9 Å². The first-order valence-electron chi connectivity index (χ1n) is 7.87. The summed E-state index contributed by atoms with van der Waals surface area (Å²) in [5.41, 5.74) is -0.0615. The van der Waals surface area contributed by atoms with Crippen LogP contribution in [0, 0.1) is 10.1 Å². The molecule has 0 spiro atoms. The number of anilines is 2. The standard InChI is InChI=1S/C16H16ClN5O3/c17-11-4-5-14(22(24)25)12(8-11)20-16(23)13-9-15(19-10-18-13)21-6-2-1-3-7-21/h4-5,8-10H,1-3,6-7H2,(H,20,23). The lowest BCUT2D eigenvalue weighted by Crippen LogP contribution is -2.30. The minimum Gasteiger partial charge on any atom is -0.357 e. The van der Waals surface area contributed by atoms with Gasteiger partial charge in [0.2, 0.25) is 0 Å². The van der Waals surface area contributed by atoms with Crippen molar-refractivity contribution in [2.75, 3.05) is 23.3 Å². The highest BCUT2D eigenvalue weighted by Crippen LogP contribution is 2.28. The Balaban J connectivity index is 1.82. The van der Waals surface area contributed by atoms with E-state index in [-0.39, 0.29) is 22.1 Å². The van der Waals surface area contributed by atoms with Gasteiger partial charge in [0.25, 0.3) is 11.6 Å². The summed E-state index contributed by atoms with van der Waals surface area (Å²) in [7, 11) is 0. The van der Waals surface area contributed by atoms with E-state index in [0.717, 1.165) is 25.9 Å². The second-order valence-electron chi connectivity index (χ2n) is 5.68. The highest BCUT2D eigenvalue weighted by Gasteiger charge is 2.19. The van der Waals surface area contributed by atoms with Gasteiger partial charge in [0.1, 0.15) is 23.5 Å². The summed E-state index contributed by atoms with van der Waals surface area (Å²) in [6, 6.07) is 5.58. The summed E-state index contributed by atoms with van der Waals surface area (Å²) in [6.45, 7) is 1.77. The summed E-state index contributed by atoms with van der Waals surface area (Å²) in [5.74, 6) is 0.131. The molecule has 1 aromatic heterocycles. The number of aromatic nitrogens is 2. The lowest BCUT2D eigenvalue weighted by Gasteiger charge is -2.27. The van der Waals surface area contributed by atoms with Crippen molar-refractivity contribution in [3.63, 3.8) is 0 Å². The molecule has 0 aliphatic carbocycles. The molecule has 1 saturated heterocycles. The number of hydrogen-bond donors (Lipinski definition) is 1. The number of benzene rings is 1. The Morgan fingerprint density at radius 3 is 2.68 bits per heavy atom. The number of amides is 1. The lowest BCUT2D eigenvalue weighted by atomic mass is 10.1. The Morgan fingerprint density at radius 1 is 1.20 bits per heavy atom. The molecule has 0 unspecified atom stereocenters. The summed E-state index contributed by atoms with van der Waals surface area (Å²) >= 11 is 5.87. The fourth-order valence-corrected chi connectivity index (χ4v) is 2.89. The molecule has 2 aromatic rings. The molecule has 1 aliphatic rings. The van der Waals surface area contributed by atoms with Crippen molar-refractivity contribution in [2.24, 2.45) is 0 Å². The van der Waals surface area contributed by atoms with Crippen LogP contribution in [-0.2, 0) is 0 Å². The fraction of sp³-hybridized carbons (Fsp3) is 0.312. The third-order valence-electron chi connectivity index (χ3n) is 3.97. The maximum atomic E-state index is 12.4. The Kier molecular flexibility index (Phi) is 5.08. The second-order valence-corrected chi connectivity index (χ2v) is 6.12. The van der Waals surface area contributed by atoms with Crippen LogP contribution in [0.25, 0.3) is 0 Å². The van der Waals surface area contributed by atoms with Crippen molar-refractivity contribution in [3.05, 3.63) is 51.4 Å². The van der Waals surface area contributed by atoms with Crippen LogP contribution in [0.5, 0.6) is 0 Å². The van der Waals surface area contributed by atoms with Crippen molar-refractivity contribution in [2.45, 2.75) is 19.3 Å². The molecule has 1 fully saturated rings. The number of carbonyl (C=O) groups excluding carboxylic acids is 1. The van der Waals surface area contributed by atoms with Crippen LogP contribution in [0.15, 0.2) is 30.6 Å². The zero-order valence-electron chi connectivity index (χ0n) is 13.3. The van der Waals surface area contributed by atoms with E-state index in [1.165, 1.54) is 30.9 Å². The largest absolute Gasteiger partial charge is 0.357 e. The number of rotatable bonds is 4. The predicted molar refractivity (Wildman–Crippen MR) is 94.2 cm³/mol. The molecule has 0 radical (unpaired) electrons. The van der Waals surface area contributed by atoms with E-state index in [1.807, 2.05) is 0 Å². The molecule has 130 valence electrons. The van der Waals surface area contributed by atoms with Gasteiger partial charge in [0.05, 0.1) is 4.92 Å². The Morgan fingerprint density at radius 2 is 1.96 bits per heavy atom. The van der Waals surface area contributed by atoms with Gasteiger partial charge in [-0.2, -0.15) is 0 Å². The van der Waals surface area contributed by atoms with Crippen molar-refractivity contribution >= 4 is 34.7 Å². The van der Waals surface area contributed by atoms with E-state index in [2.05, 4.69) is 20.2 Å². The van der Waals surface area contributed by atoms with Crippen LogP contribution in [0.3, 0.4) is 0 Å². The van der Waals surface area contributed by atoms with E-state index >= 15 is 0 Å². The number of nitrogens with zero attached hydrogens (tertiary/aromatic N) is 4. The molecule has 2 heterocycles. The number of carbonyl (C=O) groups is 1. The van der Waals surface area contributed by atoms with Crippen LogP contribution >= 0.6 is 11.6 Å². The topological polar surface area (TPSA) is 101 Å². The molecule has 3 rings (SSSR count). The summed E-state index contributed by atoms with van der Waals surface area (Å²) in [4.78, 5) is 33.3. The molecular weight excluding hydrogens is 346 g/mol. The van der Waals surface area contributed by atoms with Crippen molar-refractivity contribution in [1.29, 1.82) is 0 Å². The van der Waals surface area contributed by atoms with Crippen LogP contribution in [0.4, 0.5) is 17.2 Å². The number of hydrogen-bond acceptors (Lipinski definition) is 6. The van der Waals surface area contributed by atoms with Crippen LogP contribution in [0.2, 0.25) is 5.02 Å². The molecule has 0 atom stereocenters. The van der Waals surface area contributed by atoms with Gasteiger partial charge in [-0.15, -0.1) is 0 Å². The minimum absolute atomic E-state index is 0.0284. The van der Waals surface area contributed by atoms with Gasteiger partial charge in [-0.1, -0.05) is 11.6 Å². The normalized spacial score (nSPS) is 14.2. The molecule has 1 amide bonds. The summed E-state index contributed by atoms with van der Waals surface area (Å²) in [5, 5.41) is 13.9. The lowest BCUT2D eigenvalue weighted by molar-refractivity contribution is -0.383. The van der Waals surface area contributed by atoms with Gasteiger partial charge in [0, 0.05) is 30.2 Å². The SMILES string of the molecule is O=C(Nc1cc(Cl)ccc1[N+](=O)[O-])c1cc(N2CCCCC2)ncn1. The highest BCUT2D eigenvalue weighted by atomic mass is 35.5. The number of nitro groups is 1. The maximum Gasteiger partial charge on any atom is 0.292 e. The van der Waals surface area contributed by atoms with Gasteiger partial charge in [-0.25, -0.2) is 9.97 Å². The number of nitro benzene ring substituents is 1. The number of nitrogens with one attached hydrogen (secondary N) is 1. The summed E-state index contributed by atoms with van der Waals surface area (Å²) < 4.78 is 0. The first-order chi connectivity index (χ1) is 12.0. The molecule has 1 N–H and O–H groups in total. The zero-order chi connectivity index (χ0) is 17.8. The monoisotopic (exact) mass is 361 g/mol. The first kappa shape index (κ1) is 17.1. The quantitative estimate of drug-likeness (QED) is 0.662. The van der Waals surface area contributed by atoms with E-state index in [4.69, 9.17) is 11.6 Å². The molecule has 1 aliphatic heterocycles. The number of piperidine rings is 1. The third-order valence-corrected chi connectivity index (χ3v) is 4.20. The van der Waals surface area contributed by atoms with Crippen LogP contribution in [0.1, 0.15) is 29.8 Å². The van der Waals surface area contributed by atoms with E-state index in [0.29, 0.717) is 5.82 Å². The predicted octanol–water partition coefficient (Wildman–Crippen LogP) is 3.28. The summed E-state index contributed by atoms with van der Waals surface area (Å²) in [6.07, 6.45) is 4.68. The molecule has 9 heteroatoms. The van der Waals surface area contributed by atoms with Gasteiger partial charge >= 0.3 is 0 Å². The molecule has 8 nitrogen and oxygen atoms in total. The molecule has 0 bridgehead atoms.